The van der Waals surface area contributed by atoms with Gasteiger partial charge in [-0.3, -0.25) is 0 Å². The van der Waals surface area contributed by atoms with Gasteiger partial charge in [-0.2, -0.15) is 0 Å². The zero-order valence-corrected chi connectivity index (χ0v) is 10.9. The van der Waals surface area contributed by atoms with Crippen LogP contribution in [0, 0.1) is 0 Å². The molecule has 1 nitrogen and oxygen atoms in total. The summed E-state index contributed by atoms with van der Waals surface area (Å²) < 4.78 is 1.59. The molecule has 0 rings (SSSR count). The first-order valence-electron chi connectivity index (χ1n) is 3.82. The Morgan fingerprint density at radius 3 is 2.27 bits per heavy atom. The van der Waals surface area contributed by atoms with Gasteiger partial charge in [-0.05, 0) is 0 Å². The Hall–Kier alpha value is 0.680. The van der Waals surface area contributed by atoms with Crippen LogP contribution in [0.2, 0.25) is 4.97 Å². The fourth-order valence-corrected chi connectivity index (χ4v) is 4.46. The molecule has 0 aromatic carbocycles. The van der Waals surface area contributed by atoms with E-state index in [0.29, 0.717) is 0 Å². The van der Waals surface area contributed by atoms with Crippen LogP contribution in [-0.2, 0) is 0 Å². The van der Waals surface area contributed by atoms with Gasteiger partial charge in [0.2, 0.25) is 0 Å². The summed E-state index contributed by atoms with van der Waals surface area (Å²) in [6.07, 6.45) is 2.13. The molecule has 0 bridgehead atoms. The first-order valence-corrected chi connectivity index (χ1v) is 8.60. The molecular weight excluding hydrogens is 270 g/mol. The summed E-state index contributed by atoms with van der Waals surface area (Å²) in [7, 11) is 0. The number of hydrogen-bond acceptors (Lipinski definition) is 2. The molecule has 0 atom stereocenters. The van der Waals surface area contributed by atoms with E-state index < -0.39 is 0 Å². The minimum atomic E-state index is 0.0859. The molecular formula is C8H17NSTe. The van der Waals surface area contributed by atoms with Crippen molar-refractivity contribution in [2.24, 2.45) is 0 Å². The van der Waals surface area contributed by atoms with Gasteiger partial charge in [0.15, 0.2) is 0 Å². The van der Waals surface area contributed by atoms with E-state index in [0.717, 1.165) is 13.1 Å². The Bertz CT molecular complexity index is 121. The second kappa shape index (κ2) is 7.34. The summed E-state index contributed by atoms with van der Waals surface area (Å²) in [5, 5.41) is 2.30. The van der Waals surface area contributed by atoms with Gasteiger partial charge < -0.3 is 0 Å². The second-order valence-electron chi connectivity index (χ2n) is 2.07. The van der Waals surface area contributed by atoms with Crippen LogP contribution < -0.4 is 0 Å². The molecule has 0 N–H and O–H groups in total. The summed E-state index contributed by atoms with van der Waals surface area (Å²) in [5.41, 5.74) is 0. The van der Waals surface area contributed by atoms with Gasteiger partial charge in [-0.25, -0.2) is 0 Å². The Balaban J connectivity index is 4.09. The summed E-state index contributed by atoms with van der Waals surface area (Å²) in [6, 6.07) is 0. The zero-order chi connectivity index (χ0) is 8.69. The molecule has 0 aliphatic carbocycles. The van der Waals surface area contributed by atoms with Crippen molar-refractivity contribution < 1.29 is 0 Å². The molecule has 11 heavy (non-hydrogen) atoms. The number of thioether (sulfide) groups is 1. The van der Waals surface area contributed by atoms with Crippen molar-refractivity contribution in [1.29, 1.82) is 0 Å². The molecule has 0 aromatic heterocycles. The maximum absolute atomic E-state index is 2.46. The van der Waals surface area contributed by atoms with Crippen LogP contribution >= 0.6 is 11.8 Å². The van der Waals surface area contributed by atoms with Crippen LogP contribution in [0.25, 0.3) is 0 Å². The van der Waals surface area contributed by atoms with Crippen molar-refractivity contribution in [3.63, 3.8) is 0 Å². The molecule has 0 unspecified atom stereocenters. The summed E-state index contributed by atoms with van der Waals surface area (Å²) in [5.74, 6) is 0. The first-order chi connectivity index (χ1) is 5.29. The maximum atomic E-state index is 2.46. The monoisotopic (exact) mass is 289 g/mol. The van der Waals surface area contributed by atoms with Crippen molar-refractivity contribution in [3.05, 3.63) is 9.15 Å². The van der Waals surface area contributed by atoms with E-state index in [-0.39, 0.29) is 20.9 Å². The van der Waals surface area contributed by atoms with Crippen molar-refractivity contribution in [2.45, 2.75) is 18.8 Å². The molecule has 0 aliphatic heterocycles. The topological polar surface area (TPSA) is 3.24 Å². The molecule has 3 heteroatoms. The quantitative estimate of drug-likeness (QED) is 0.713. The van der Waals surface area contributed by atoms with E-state index in [9.17, 15) is 0 Å². The molecule has 0 saturated heterocycles. The number of hydrogen-bond donors (Lipinski definition) is 0. The molecule has 0 aromatic rings. The SMILES string of the molecule is CCN(CC)C(=CSC)[Te]C. The molecule has 0 heterocycles. The predicted octanol–water partition coefficient (Wildman–Crippen LogP) is 2.24. The van der Waals surface area contributed by atoms with E-state index in [1.807, 2.05) is 11.8 Å². The van der Waals surface area contributed by atoms with Crippen LogP contribution in [0.4, 0.5) is 0 Å². The molecule has 0 saturated carbocycles. The van der Waals surface area contributed by atoms with E-state index in [1.165, 1.54) is 0 Å². The fourth-order valence-electron chi connectivity index (χ4n) is 0.888. The van der Waals surface area contributed by atoms with Gasteiger partial charge in [0, 0.05) is 0 Å². The number of rotatable bonds is 5. The Kier molecular flexibility index (Phi) is 7.79. The Morgan fingerprint density at radius 1 is 1.45 bits per heavy atom. The normalized spacial score (nSPS) is 11.8. The van der Waals surface area contributed by atoms with Gasteiger partial charge in [0.05, 0.1) is 0 Å². The zero-order valence-electron chi connectivity index (χ0n) is 7.76. The molecule has 0 amide bonds. The van der Waals surface area contributed by atoms with Crippen LogP contribution in [0.1, 0.15) is 13.8 Å². The average Bonchev–Trinajstić information content (AvgIpc) is 2.05. The van der Waals surface area contributed by atoms with Crippen molar-refractivity contribution in [1.82, 2.24) is 4.90 Å². The van der Waals surface area contributed by atoms with Gasteiger partial charge in [0.1, 0.15) is 0 Å². The fraction of sp³-hybridized carbons (Fsp3) is 0.750. The standard InChI is InChI=1S/C8H17NSTe/c1-5-9(6-2)8(11-4)7-10-3/h7H,5-6H2,1-4H3. The van der Waals surface area contributed by atoms with Crippen LogP contribution in [0.5, 0.6) is 0 Å². The van der Waals surface area contributed by atoms with Crippen LogP contribution in [-0.4, -0.2) is 45.2 Å². The van der Waals surface area contributed by atoms with Gasteiger partial charge in [0.25, 0.3) is 0 Å². The Labute approximate surface area is 84.7 Å². The third kappa shape index (κ3) is 4.30. The van der Waals surface area contributed by atoms with Crippen molar-refractivity contribution in [3.8, 4) is 0 Å². The molecule has 0 fully saturated rings. The van der Waals surface area contributed by atoms with Gasteiger partial charge >= 0.3 is 84.9 Å². The van der Waals surface area contributed by atoms with Crippen LogP contribution in [0.3, 0.4) is 0 Å². The minimum absolute atomic E-state index is 0.0859. The summed E-state index contributed by atoms with van der Waals surface area (Å²) in [4.78, 5) is 4.80. The predicted molar refractivity (Wildman–Crippen MR) is 56.1 cm³/mol. The van der Waals surface area contributed by atoms with Crippen molar-refractivity contribution in [2.75, 3.05) is 19.3 Å². The third-order valence-corrected chi connectivity index (χ3v) is 4.69. The van der Waals surface area contributed by atoms with Gasteiger partial charge in [-0.1, -0.05) is 0 Å². The van der Waals surface area contributed by atoms with E-state index in [1.54, 1.807) is 3.74 Å². The number of nitrogens with zero attached hydrogens (tertiary/aromatic N) is 1. The van der Waals surface area contributed by atoms with E-state index >= 15 is 0 Å². The van der Waals surface area contributed by atoms with E-state index in [4.69, 9.17) is 0 Å². The second-order valence-corrected chi connectivity index (χ2v) is 5.13. The van der Waals surface area contributed by atoms with Crippen molar-refractivity contribution >= 4 is 32.7 Å². The van der Waals surface area contributed by atoms with E-state index in [2.05, 4.69) is 35.4 Å². The average molecular weight is 287 g/mol. The third-order valence-electron chi connectivity index (χ3n) is 1.50. The summed E-state index contributed by atoms with van der Waals surface area (Å²) in [6.45, 7) is 6.75. The first kappa shape index (κ1) is 11.7. The molecule has 0 radical (unpaired) electrons. The molecule has 0 spiro atoms. The van der Waals surface area contributed by atoms with Crippen LogP contribution in [0.15, 0.2) is 9.15 Å². The molecule has 0 aliphatic rings. The summed E-state index contributed by atoms with van der Waals surface area (Å²) >= 11 is 1.91. The van der Waals surface area contributed by atoms with Gasteiger partial charge in [-0.15, -0.1) is 0 Å². The Morgan fingerprint density at radius 2 is 2.00 bits per heavy atom. The molecule has 66 valence electrons.